The van der Waals surface area contributed by atoms with Crippen molar-refractivity contribution in [1.29, 1.82) is 0 Å². The standard InChI is InChI=1S/C38H46F4N4O4/c1-24-4-9-29(10-5-24)46-22-33(25-6-11-30(50-3)12-7-25)37(39,23-46)36(49)45-20-27(19-43-2)32(21-45)31-13-8-28(38(40,41)42)18-34(31)44-16-14-26(15-17-44)35(47)48/h6-8,11-13,18,24,26-27,29,32-33H,4-5,9-10,14-17,19-23H2,1,3H3,(H,47,48)/t24?,27-,29?,32-,33-,37-/m0/s1. The van der Waals surface area contributed by atoms with Crippen molar-refractivity contribution >= 4 is 17.6 Å². The van der Waals surface area contributed by atoms with Gasteiger partial charge >= 0.3 is 12.1 Å². The number of anilines is 1. The lowest BCUT2D eigenvalue weighted by molar-refractivity contribution is -0.143. The number of alkyl halides is 4. The molecule has 2 aromatic carbocycles. The molecule has 6 rings (SSSR count). The molecule has 1 N–H and O–H groups in total. The van der Waals surface area contributed by atoms with Crippen molar-refractivity contribution in [3.63, 3.8) is 0 Å². The molecule has 0 radical (unpaired) electrons. The zero-order chi connectivity index (χ0) is 35.8. The fourth-order valence-electron chi connectivity index (χ4n) is 8.79. The summed E-state index contributed by atoms with van der Waals surface area (Å²) in [6.45, 7) is 11.0. The molecule has 3 heterocycles. The lowest BCUT2D eigenvalue weighted by atomic mass is 9.85. The smallest absolute Gasteiger partial charge is 0.416 e. The first-order valence-electron chi connectivity index (χ1n) is 17.7. The summed E-state index contributed by atoms with van der Waals surface area (Å²) in [6.07, 6.45) is -0.0188. The number of carboxylic acids is 1. The number of likely N-dealkylation sites (tertiary alicyclic amines) is 2. The molecule has 2 aromatic rings. The van der Waals surface area contributed by atoms with Gasteiger partial charge in [-0.15, -0.1) is 0 Å². The van der Waals surface area contributed by atoms with Crippen LogP contribution in [0.5, 0.6) is 5.75 Å². The van der Waals surface area contributed by atoms with Crippen molar-refractivity contribution in [2.45, 2.75) is 75.2 Å². The number of carbonyl (C=O) groups is 2. The molecule has 0 bridgehead atoms. The van der Waals surface area contributed by atoms with Crippen molar-refractivity contribution in [2.75, 3.05) is 57.8 Å². The third kappa shape index (κ3) is 7.16. The highest BCUT2D eigenvalue weighted by molar-refractivity contribution is 5.88. The van der Waals surface area contributed by atoms with E-state index in [1.54, 1.807) is 24.1 Å². The topological polar surface area (TPSA) is 77.7 Å². The number of hydrogen-bond acceptors (Lipinski definition) is 5. The number of benzene rings is 2. The minimum atomic E-state index is -4.60. The Kier molecular flexibility index (Phi) is 10.4. The molecule has 1 aliphatic carbocycles. The Balaban J connectivity index is 1.31. The molecule has 8 nitrogen and oxygen atoms in total. The van der Waals surface area contributed by atoms with Crippen LogP contribution in [0.4, 0.5) is 23.2 Å². The number of halogens is 4. The Morgan fingerprint density at radius 3 is 2.28 bits per heavy atom. The van der Waals surface area contributed by atoms with Crippen molar-refractivity contribution in [2.24, 2.45) is 17.8 Å². The highest BCUT2D eigenvalue weighted by Gasteiger charge is 2.58. The van der Waals surface area contributed by atoms with E-state index in [0.29, 0.717) is 47.9 Å². The van der Waals surface area contributed by atoms with Crippen molar-refractivity contribution < 1.29 is 37.0 Å². The second-order valence-electron chi connectivity index (χ2n) is 14.8. The monoisotopic (exact) mass is 698 g/mol. The molecular weight excluding hydrogens is 652 g/mol. The minimum Gasteiger partial charge on any atom is -0.497 e. The van der Waals surface area contributed by atoms with Crippen molar-refractivity contribution in [1.82, 2.24) is 9.80 Å². The summed E-state index contributed by atoms with van der Waals surface area (Å²) in [6, 6.07) is 10.9. The first-order chi connectivity index (χ1) is 23.8. The van der Waals surface area contributed by atoms with Crippen LogP contribution in [0.3, 0.4) is 0 Å². The maximum atomic E-state index is 17.8. The molecule has 3 saturated heterocycles. The fourth-order valence-corrected chi connectivity index (χ4v) is 8.79. The third-order valence-corrected chi connectivity index (χ3v) is 11.8. The lowest BCUT2D eigenvalue weighted by Gasteiger charge is -2.35. The predicted octanol–water partition coefficient (Wildman–Crippen LogP) is 6.86. The number of aliphatic carboxylic acids is 1. The average molecular weight is 699 g/mol. The van der Waals surface area contributed by atoms with Gasteiger partial charge in [-0.1, -0.05) is 25.1 Å². The number of carboxylic acid groups (broad SMARTS) is 1. The fraction of sp³-hybridized carbons (Fsp3) is 0.605. The third-order valence-electron chi connectivity index (χ3n) is 11.8. The summed E-state index contributed by atoms with van der Waals surface area (Å²) < 4.78 is 65.0. The first kappa shape index (κ1) is 36.0. The van der Waals surface area contributed by atoms with Gasteiger partial charge in [-0.3, -0.25) is 14.5 Å². The molecule has 3 aliphatic heterocycles. The van der Waals surface area contributed by atoms with Crippen LogP contribution < -0.4 is 9.64 Å². The second-order valence-corrected chi connectivity index (χ2v) is 14.8. The lowest BCUT2D eigenvalue weighted by Crippen LogP contribution is -2.50. The molecule has 1 saturated carbocycles. The van der Waals surface area contributed by atoms with Gasteiger partial charge in [0, 0.05) is 62.8 Å². The highest BCUT2D eigenvalue weighted by atomic mass is 19.4. The van der Waals surface area contributed by atoms with Crippen molar-refractivity contribution in [3.05, 3.63) is 70.6 Å². The van der Waals surface area contributed by atoms with Crippen LogP contribution in [-0.4, -0.2) is 91.4 Å². The first-order valence-corrected chi connectivity index (χ1v) is 17.7. The molecule has 270 valence electrons. The SMILES string of the molecule is [C-]#[N+]C[C@H]1CN(C(=O)[C@]2(F)CN(C3CCC(C)CC3)C[C@H]2c2ccc(OC)cc2)C[C@@H]1c1ccc(C(F)(F)F)cc1N1CCC(C(=O)O)CC1. The van der Waals surface area contributed by atoms with Gasteiger partial charge in [-0.2, -0.15) is 13.2 Å². The quantitative estimate of drug-likeness (QED) is 0.240. The zero-order valence-corrected chi connectivity index (χ0v) is 28.7. The number of amides is 1. The van der Waals surface area contributed by atoms with E-state index in [1.165, 1.54) is 11.0 Å². The zero-order valence-electron chi connectivity index (χ0n) is 28.7. The van der Waals surface area contributed by atoms with E-state index in [-0.39, 0.29) is 45.3 Å². The Labute approximate surface area is 291 Å². The van der Waals surface area contributed by atoms with Crippen LogP contribution >= 0.6 is 0 Å². The van der Waals surface area contributed by atoms with Crippen molar-refractivity contribution in [3.8, 4) is 5.75 Å². The van der Waals surface area contributed by atoms with Crippen LogP contribution in [0.15, 0.2) is 42.5 Å². The maximum absolute atomic E-state index is 17.8. The molecule has 50 heavy (non-hydrogen) atoms. The van der Waals surface area contributed by atoms with Crippen LogP contribution in [0, 0.1) is 24.3 Å². The number of hydrogen-bond donors (Lipinski definition) is 1. The van der Waals surface area contributed by atoms with E-state index in [0.717, 1.165) is 37.8 Å². The number of rotatable bonds is 8. The molecule has 4 aliphatic rings. The van der Waals surface area contributed by atoms with Gasteiger partial charge in [0.05, 0.1) is 24.5 Å². The Bertz CT molecular complexity index is 1580. The summed E-state index contributed by atoms with van der Waals surface area (Å²) in [5.74, 6) is -2.53. The van der Waals surface area contributed by atoms with Gasteiger partial charge < -0.3 is 24.5 Å². The normalized spacial score (nSPS) is 29.6. The van der Waals surface area contributed by atoms with Gasteiger partial charge in [-0.05, 0) is 79.8 Å². The van der Waals surface area contributed by atoms with Crippen LogP contribution in [0.2, 0.25) is 0 Å². The van der Waals surface area contributed by atoms with Crippen LogP contribution in [0.1, 0.15) is 74.0 Å². The Morgan fingerprint density at radius 2 is 1.68 bits per heavy atom. The van der Waals surface area contributed by atoms with Crippen LogP contribution in [0.25, 0.3) is 4.85 Å². The van der Waals surface area contributed by atoms with E-state index in [4.69, 9.17) is 11.3 Å². The minimum absolute atomic E-state index is 0.0313. The number of ether oxygens (including phenoxy) is 1. The molecule has 12 heteroatoms. The number of methoxy groups -OCH3 is 1. The van der Waals surface area contributed by atoms with Crippen LogP contribution in [-0.2, 0) is 15.8 Å². The number of nitrogens with zero attached hydrogens (tertiary/aromatic N) is 4. The van der Waals surface area contributed by atoms with Gasteiger partial charge in [0.1, 0.15) is 5.75 Å². The summed E-state index contributed by atoms with van der Waals surface area (Å²) >= 11 is 0. The molecule has 0 unspecified atom stereocenters. The molecule has 1 amide bonds. The molecule has 0 spiro atoms. The molecule has 4 fully saturated rings. The second kappa shape index (κ2) is 14.4. The summed E-state index contributed by atoms with van der Waals surface area (Å²) in [5.41, 5.74) is -1.45. The average Bonchev–Trinajstić information content (AvgIpc) is 3.69. The molecular formula is C38H46F4N4O4. The number of piperidine rings is 1. The van der Waals surface area contributed by atoms with Gasteiger partial charge in [0.15, 0.2) is 0 Å². The molecule has 4 atom stereocenters. The van der Waals surface area contributed by atoms with E-state index >= 15 is 4.39 Å². The summed E-state index contributed by atoms with van der Waals surface area (Å²) in [5, 5.41) is 9.50. The summed E-state index contributed by atoms with van der Waals surface area (Å²) in [7, 11) is 1.56. The van der Waals surface area contributed by atoms with Gasteiger partial charge in [0.25, 0.3) is 5.91 Å². The van der Waals surface area contributed by atoms with Gasteiger partial charge in [0.2, 0.25) is 12.2 Å². The predicted molar refractivity (Wildman–Crippen MR) is 181 cm³/mol. The Hall–Kier alpha value is -3.85. The maximum Gasteiger partial charge on any atom is 0.416 e. The largest absolute Gasteiger partial charge is 0.497 e. The summed E-state index contributed by atoms with van der Waals surface area (Å²) in [4.78, 5) is 35.2. The van der Waals surface area contributed by atoms with Gasteiger partial charge in [-0.25, -0.2) is 11.0 Å². The van der Waals surface area contributed by atoms with E-state index in [2.05, 4.69) is 16.7 Å². The molecule has 0 aromatic heterocycles. The highest BCUT2D eigenvalue weighted by Crippen LogP contribution is 2.47. The Morgan fingerprint density at radius 1 is 1.00 bits per heavy atom. The van der Waals surface area contributed by atoms with E-state index in [1.807, 2.05) is 12.1 Å². The number of carbonyl (C=O) groups excluding carboxylic acids is 1. The van der Waals surface area contributed by atoms with E-state index in [9.17, 15) is 27.9 Å². The van der Waals surface area contributed by atoms with E-state index < -0.39 is 53.0 Å².